The van der Waals surface area contributed by atoms with Gasteiger partial charge in [0.1, 0.15) is 0 Å². The summed E-state index contributed by atoms with van der Waals surface area (Å²) in [6.07, 6.45) is 3.33. The summed E-state index contributed by atoms with van der Waals surface area (Å²) < 4.78 is 0. The fourth-order valence-electron chi connectivity index (χ4n) is 3.23. The predicted molar refractivity (Wildman–Crippen MR) is 114 cm³/mol. The van der Waals surface area contributed by atoms with Crippen LogP contribution >= 0.6 is 0 Å². The molecule has 0 atom stereocenters. The van der Waals surface area contributed by atoms with Crippen LogP contribution in [-0.2, 0) is 9.59 Å². The molecule has 3 rings (SSSR count). The Balaban J connectivity index is 1.52. The monoisotopic (exact) mass is 377 g/mol. The minimum Gasteiger partial charge on any atom is -0.368 e. The first kappa shape index (κ1) is 19.7. The van der Waals surface area contributed by atoms with Crippen molar-refractivity contribution in [2.75, 3.05) is 36.4 Å². The summed E-state index contributed by atoms with van der Waals surface area (Å²) in [6.45, 7) is 7.03. The number of hydrogen-bond donors (Lipinski definition) is 1. The van der Waals surface area contributed by atoms with Crippen LogP contribution in [0.2, 0.25) is 0 Å². The van der Waals surface area contributed by atoms with Crippen LogP contribution in [0, 0.1) is 5.92 Å². The maximum Gasteiger partial charge on any atom is 0.248 e. The molecule has 1 aliphatic rings. The molecule has 0 aromatic heterocycles. The van der Waals surface area contributed by atoms with Gasteiger partial charge in [-0.15, -0.1) is 0 Å². The van der Waals surface area contributed by atoms with Crippen molar-refractivity contribution in [2.45, 2.75) is 13.8 Å². The Labute approximate surface area is 166 Å². The lowest BCUT2D eigenvalue weighted by atomic mass is 10.1. The van der Waals surface area contributed by atoms with E-state index in [4.69, 9.17) is 0 Å². The molecule has 2 amide bonds. The van der Waals surface area contributed by atoms with E-state index in [2.05, 4.69) is 10.2 Å². The molecule has 1 N–H and O–H groups in total. The Morgan fingerprint density at radius 3 is 2.18 bits per heavy atom. The standard InChI is InChI=1S/C23H27N3O2/c1-18(2)23(28)26-16-14-25(15-17-26)21-11-9-20(10-12-21)24-22(27)13-8-19-6-4-3-5-7-19/h3-13,18H,14-17H2,1-2H3,(H,24,27)/b13-8+. The van der Waals surface area contributed by atoms with Crippen molar-refractivity contribution in [1.29, 1.82) is 0 Å². The molecule has 5 heteroatoms. The normalized spacial score (nSPS) is 14.5. The summed E-state index contributed by atoms with van der Waals surface area (Å²) in [5, 5.41) is 2.88. The highest BCUT2D eigenvalue weighted by Crippen LogP contribution is 2.20. The molecule has 0 bridgehead atoms. The number of carbonyl (C=O) groups is 2. The Bertz CT molecular complexity index is 821. The van der Waals surface area contributed by atoms with Gasteiger partial charge in [0.05, 0.1) is 0 Å². The minimum absolute atomic E-state index is 0.0467. The highest BCUT2D eigenvalue weighted by atomic mass is 16.2. The highest BCUT2D eigenvalue weighted by molar-refractivity contribution is 6.02. The van der Waals surface area contributed by atoms with Crippen LogP contribution in [0.4, 0.5) is 11.4 Å². The van der Waals surface area contributed by atoms with E-state index >= 15 is 0 Å². The van der Waals surface area contributed by atoms with Crippen molar-refractivity contribution in [1.82, 2.24) is 4.90 Å². The average Bonchev–Trinajstić information content (AvgIpc) is 2.73. The molecular weight excluding hydrogens is 350 g/mol. The number of amides is 2. The molecule has 2 aromatic rings. The first-order chi connectivity index (χ1) is 13.5. The van der Waals surface area contributed by atoms with Gasteiger partial charge < -0.3 is 15.1 Å². The molecule has 28 heavy (non-hydrogen) atoms. The van der Waals surface area contributed by atoms with Crippen molar-refractivity contribution in [3.8, 4) is 0 Å². The number of hydrogen-bond acceptors (Lipinski definition) is 3. The van der Waals surface area contributed by atoms with Gasteiger partial charge in [-0.2, -0.15) is 0 Å². The van der Waals surface area contributed by atoms with E-state index in [0.717, 1.165) is 43.1 Å². The molecule has 0 spiro atoms. The molecule has 0 saturated carbocycles. The lowest BCUT2D eigenvalue weighted by Crippen LogP contribution is -2.49. The molecule has 146 valence electrons. The van der Waals surface area contributed by atoms with E-state index < -0.39 is 0 Å². The zero-order chi connectivity index (χ0) is 19.9. The average molecular weight is 377 g/mol. The molecule has 2 aromatic carbocycles. The number of rotatable bonds is 5. The van der Waals surface area contributed by atoms with Crippen molar-refractivity contribution in [3.63, 3.8) is 0 Å². The number of benzene rings is 2. The van der Waals surface area contributed by atoms with Crippen LogP contribution in [0.15, 0.2) is 60.7 Å². The van der Waals surface area contributed by atoms with Crippen molar-refractivity contribution in [2.24, 2.45) is 5.92 Å². The Hall–Kier alpha value is -3.08. The number of carbonyl (C=O) groups excluding carboxylic acids is 2. The van der Waals surface area contributed by atoms with Crippen molar-refractivity contribution < 1.29 is 9.59 Å². The summed E-state index contributed by atoms with van der Waals surface area (Å²) in [7, 11) is 0. The van der Waals surface area contributed by atoms with Gasteiger partial charge in [0.15, 0.2) is 0 Å². The van der Waals surface area contributed by atoms with E-state index in [9.17, 15) is 9.59 Å². The van der Waals surface area contributed by atoms with Gasteiger partial charge >= 0.3 is 0 Å². The molecule has 0 unspecified atom stereocenters. The molecule has 1 saturated heterocycles. The van der Waals surface area contributed by atoms with E-state index in [1.807, 2.05) is 73.3 Å². The van der Waals surface area contributed by atoms with Gasteiger partial charge in [0.25, 0.3) is 0 Å². The topological polar surface area (TPSA) is 52.7 Å². The van der Waals surface area contributed by atoms with E-state index in [1.165, 1.54) is 6.08 Å². The quantitative estimate of drug-likeness (QED) is 0.810. The van der Waals surface area contributed by atoms with Gasteiger partial charge in [-0.25, -0.2) is 0 Å². The smallest absolute Gasteiger partial charge is 0.248 e. The molecule has 5 nitrogen and oxygen atoms in total. The summed E-state index contributed by atoms with van der Waals surface area (Å²) in [5.41, 5.74) is 2.86. The van der Waals surface area contributed by atoms with Crippen molar-refractivity contribution in [3.05, 3.63) is 66.2 Å². The van der Waals surface area contributed by atoms with E-state index in [1.54, 1.807) is 6.08 Å². The Kier molecular flexibility index (Phi) is 6.48. The second-order valence-electron chi connectivity index (χ2n) is 7.25. The van der Waals surface area contributed by atoms with Crippen LogP contribution < -0.4 is 10.2 Å². The van der Waals surface area contributed by atoms with Crippen LogP contribution in [0.5, 0.6) is 0 Å². The molecular formula is C23H27N3O2. The summed E-state index contributed by atoms with van der Waals surface area (Å²) >= 11 is 0. The van der Waals surface area contributed by atoms with Gasteiger partial charge in [-0.3, -0.25) is 9.59 Å². The fourth-order valence-corrected chi connectivity index (χ4v) is 3.23. The summed E-state index contributed by atoms with van der Waals surface area (Å²) in [4.78, 5) is 28.4. The van der Waals surface area contributed by atoms with E-state index in [0.29, 0.717) is 0 Å². The van der Waals surface area contributed by atoms with Crippen molar-refractivity contribution >= 4 is 29.3 Å². The third kappa shape index (κ3) is 5.22. The van der Waals surface area contributed by atoms with Crippen LogP contribution in [0.3, 0.4) is 0 Å². The lowest BCUT2D eigenvalue weighted by Gasteiger charge is -2.37. The zero-order valence-electron chi connectivity index (χ0n) is 16.5. The van der Waals surface area contributed by atoms with E-state index in [-0.39, 0.29) is 17.7 Å². The van der Waals surface area contributed by atoms with Crippen LogP contribution in [0.25, 0.3) is 6.08 Å². The number of nitrogens with zero attached hydrogens (tertiary/aromatic N) is 2. The maximum atomic E-state index is 12.1. The van der Waals surface area contributed by atoms with Gasteiger partial charge in [-0.1, -0.05) is 44.2 Å². The third-order valence-electron chi connectivity index (χ3n) is 4.81. The number of nitrogens with one attached hydrogen (secondary N) is 1. The first-order valence-corrected chi connectivity index (χ1v) is 9.71. The second-order valence-corrected chi connectivity index (χ2v) is 7.25. The molecule has 1 heterocycles. The molecule has 0 aliphatic carbocycles. The summed E-state index contributed by atoms with van der Waals surface area (Å²) in [5.74, 6) is 0.115. The molecule has 1 aliphatic heterocycles. The Morgan fingerprint density at radius 2 is 1.57 bits per heavy atom. The number of anilines is 2. The van der Waals surface area contributed by atoms with Crippen LogP contribution in [0.1, 0.15) is 19.4 Å². The predicted octanol–water partition coefficient (Wildman–Crippen LogP) is 3.64. The summed E-state index contributed by atoms with van der Waals surface area (Å²) in [6, 6.07) is 17.6. The minimum atomic E-state index is -0.155. The molecule has 0 radical (unpaired) electrons. The largest absolute Gasteiger partial charge is 0.368 e. The first-order valence-electron chi connectivity index (χ1n) is 9.71. The fraction of sp³-hybridized carbons (Fsp3) is 0.304. The second kappa shape index (κ2) is 9.22. The Morgan fingerprint density at radius 1 is 0.929 bits per heavy atom. The maximum absolute atomic E-state index is 12.1. The third-order valence-corrected chi connectivity index (χ3v) is 4.81. The van der Waals surface area contributed by atoms with Gasteiger partial charge in [-0.05, 0) is 35.9 Å². The molecule has 1 fully saturated rings. The number of piperazine rings is 1. The van der Waals surface area contributed by atoms with Crippen LogP contribution in [-0.4, -0.2) is 42.9 Å². The SMILES string of the molecule is CC(C)C(=O)N1CCN(c2ccc(NC(=O)/C=C/c3ccccc3)cc2)CC1. The lowest BCUT2D eigenvalue weighted by molar-refractivity contribution is -0.134. The zero-order valence-corrected chi connectivity index (χ0v) is 16.5. The highest BCUT2D eigenvalue weighted by Gasteiger charge is 2.22. The van der Waals surface area contributed by atoms with Gasteiger partial charge in [0.2, 0.25) is 11.8 Å². The van der Waals surface area contributed by atoms with Gasteiger partial charge in [0, 0.05) is 49.5 Å².